The zero-order chi connectivity index (χ0) is 15.7. The number of ketones is 1. The van der Waals surface area contributed by atoms with Gasteiger partial charge in [0, 0.05) is 34.8 Å². The highest BCUT2D eigenvalue weighted by atomic mass is 35.5. The molecule has 0 saturated heterocycles. The predicted octanol–water partition coefficient (Wildman–Crippen LogP) is 3.56. The third-order valence-electron chi connectivity index (χ3n) is 3.24. The average molecular weight is 311 g/mol. The van der Waals surface area contributed by atoms with Gasteiger partial charge in [-0.05, 0) is 26.0 Å². The van der Waals surface area contributed by atoms with Gasteiger partial charge in [0.15, 0.2) is 5.78 Å². The number of rotatable bonds is 4. The van der Waals surface area contributed by atoms with Gasteiger partial charge < -0.3 is 4.57 Å². The quantitative estimate of drug-likeness (QED) is 0.375. The lowest BCUT2D eigenvalue weighted by molar-refractivity contribution is -0.387. The Kier molecular flexibility index (Phi) is 4.09. The molecule has 0 radical (unpaired) electrons. The summed E-state index contributed by atoms with van der Waals surface area (Å²) in [5.41, 5.74) is 1.63. The minimum atomic E-state index is -0.921. The van der Waals surface area contributed by atoms with Crippen LogP contribution in [0.15, 0.2) is 24.3 Å². The summed E-state index contributed by atoms with van der Waals surface area (Å²) in [4.78, 5) is 21.6. The molecule has 1 aromatic carbocycles. The van der Waals surface area contributed by atoms with E-state index in [1.54, 1.807) is 24.5 Å². The molecule has 2 aromatic rings. The molecule has 7 heteroatoms. The van der Waals surface area contributed by atoms with Crippen LogP contribution in [0.3, 0.4) is 0 Å². The van der Waals surface area contributed by atoms with E-state index in [4.69, 9.17) is 11.6 Å². The molecule has 0 amide bonds. The number of aromatic nitrogens is 1. The number of halogens is 2. The minimum absolute atomic E-state index is 0.140. The average Bonchev–Trinajstić information content (AvgIpc) is 2.72. The van der Waals surface area contributed by atoms with Crippen LogP contribution in [0.1, 0.15) is 21.7 Å². The van der Waals surface area contributed by atoms with Crippen LogP contribution in [0, 0.1) is 29.8 Å². The number of Topliss-reactive ketones (excluding diaryl/α,β-unsaturated/α-hetero) is 1. The number of nitro benzene ring substituents is 1. The minimum Gasteiger partial charge on any atom is -0.318 e. The third kappa shape index (κ3) is 2.67. The molecule has 2 rings (SSSR count). The molecule has 21 heavy (non-hydrogen) atoms. The van der Waals surface area contributed by atoms with Gasteiger partial charge >= 0.3 is 5.69 Å². The summed E-state index contributed by atoms with van der Waals surface area (Å²) in [6.07, 6.45) is 0. The number of carbonyl (C=O) groups excluding carboxylic acids is 1. The lowest BCUT2D eigenvalue weighted by Gasteiger charge is -2.10. The third-order valence-corrected chi connectivity index (χ3v) is 3.48. The fourth-order valence-corrected chi connectivity index (χ4v) is 2.44. The predicted molar refractivity (Wildman–Crippen MR) is 76.9 cm³/mol. The van der Waals surface area contributed by atoms with Crippen molar-refractivity contribution in [3.8, 4) is 5.69 Å². The number of alkyl halides is 1. The molecule has 1 aromatic heterocycles. The van der Waals surface area contributed by atoms with Crippen molar-refractivity contribution < 1.29 is 14.1 Å². The molecule has 0 aliphatic heterocycles. The highest BCUT2D eigenvalue weighted by Gasteiger charge is 2.19. The molecule has 1 heterocycles. The van der Waals surface area contributed by atoms with E-state index in [2.05, 4.69) is 0 Å². The van der Waals surface area contributed by atoms with Crippen LogP contribution < -0.4 is 0 Å². The van der Waals surface area contributed by atoms with Gasteiger partial charge in [-0.25, -0.2) is 0 Å². The molecule has 0 N–H and O–H groups in total. The molecular weight excluding hydrogens is 299 g/mol. The second kappa shape index (κ2) is 5.65. The van der Waals surface area contributed by atoms with Crippen molar-refractivity contribution in [3.63, 3.8) is 0 Å². The molecular formula is C14H12ClFN2O3. The Labute approximate surface area is 125 Å². The van der Waals surface area contributed by atoms with Gasteiger partial charge in [-0.1, -0.05) is 0 Å². The Hall–Kier alpha value is -2.21. The van der Waals surface area contributed by atoms with E-state index in [1.165, 1.54) is 6.07 Å². The van der Waals surface area contributed by atoms with E-state index in [9.17, 15) is 19.3 Å². The van der Waals surface area contributed by atoms with Crippen LogP contribution in [0.5, 0.6) is 0 Å². The smallest absolute Gasteiger partial charge is 0.304 e. The summed E-state index contributed by atoms with van der Waals surface area (Å²) in [5, 5.41) is 10.6. The SMILES string of the molecule is Cc1cc(C(=O)CCl)c(C)n1-c1ccc([N+](=O)[O-])c(F)c1. The highest BCUT2D eigenvalue weighted by molar-refractivity contribution is 6.30. The second-order valence-electron chi connectivity index (χ2n) is 4.57. The first-order valence-electron chi connectivity index (χ1n) is 6.09. The topological polar surface area (TPSA) is 65.1 Å². The molecule has 0 bridgehead atoms. The van der Waals surface area contributed by atoms with Crippen molar-refractivity contribution in [2.45, 2.75) is 13.8 Å². The van der Waals surface area contributed by atoms with Gasteiger partial charge in [0.2, 0.25) is 5.82 Å². The number of nitro groups is 1. The zero-order valence-electron chi connectivity index (χ0n) is 11.4. The largest absolute Gasteiger partial charge is 0.318 e. The Morgan fingerprint density at radius 3 is 2.57 bits per heavy atom. The van der Waals surface area contributed by atoms with E-state index in [0.29, 0.717) is 22.6 Å². The van der Waals surface area contributed by atoms with Crippen molar-refractivity contribution >= 4 is 23.1 Å². The molecule has 0 saturated carbocycles. The molecule has 0 unspecified atom stereocenters. The van der Waals surface area contributed by atoms with Crippen LogP contribution in [0.25, 0.3) is 5.69 Å². The van der Waals surface area contributed by atoms with Crippen LogP contribution in [0.2, 0.25) is 0 Å². The number of hydrogen-bond donors (Lipinski definition) is 0. The summed E-state index contributed by atoms with van der Waals surface area (Å²) >= 11 is 5.55. The van der Waals surface area contributed by atoms with Gasteiger partial charge in [-0.15, -0.1) is 11.6 Å². The molecule has 0 atom stereocenters. The zero-order valence-corrected chi connectivity index (χ0v) is 12.1. The normalized spacial score (nSPS) is 10.7. The molecule has 0 aliphatic carbocycles. The first-order chi connectivity index (χ1) is 9.86. The highest BCUT2D eigenvalue weighted by Crippen LogP contribution is 2.25. The standard InChI is InChI=1S/C14H12ClFN2O3/c1-8-5-11(14(19)7-15)9(2)17(8)10-3-4-13(18(20)21)12(16)6-10/h3-6H,7H2,1-2H3. The number of hydrogen-bond acceptors (Lipinski definition) is 3. The number of nitrogens with zero attached hydrogens (tertiary/aromatic N) is 2. The Morgan fingerprint density at radius 2 is 2.05 bits per heavy atom. The van der Waals surface area contributed by atoms with Crippen LogP contribution in [-0.4, -0.2) is 21.2 Å². The summed E-state index contributed by atoms with van der Waals surface area (Å²) in [6.45, 7) is 3.48. The number of aryl methyl sites for hydroxylation is 1. The van der Waals surface area contributed by atoms with Gasteiger partial charge in [-0.2, -0.15) is 4.39 Å². The second-order valence-corrected chi connectivity index (χ2v) is 4.84. The lowest BCUT2D eigenvalue weighted by atomic mass is 10.2. The van der Waals surface area contributed by atoms with Crippen LogP contribution in [0.4, 0.5) is 10.1 Å². The van der Waals surface area contributed by atoms with E-state index < -0.39 is 16.4 Å². The molecule has 5 nitrogen and oxygen atoms in total. The van der Waals surface area contributed by atoms with Crippen LogP contribution in [-0.2, 0) is 0 Å². The Balaban J connectivity index is 2.57. The van der Waals surface area contributed by atoms with Crippen molar-refractivity contribution in [2.75, 3.05) is 5.88 Å². The van der Waals surface area contributed by atoms with Gasteiger partial charge in [0.25, 0.3) is 0 Å². The van der Waals surface area contributed by atoms with Crippen molar-refractivity contribution in [2.24, 2.45) is 0 Å². The van der Waals surface area contributed by atoms with Crippen molar-refractivity contribution in [1.29, 1.82) is 0 Å². The first kappa shape index (κ1) is 15.2. The van der Waals surface area contributed by atoms with Crippen molar-refractivity contribution in [3.05, 3.63) is 57.1 Å². The van der Waals surface area contributed by atoms with E-state index in [0.717, 1.165) is 12.1 Å². The lowest BCUT2D eigenvalue weighted by Crippen LogP contribution is -2.05. The van der Waals surface area contributed by atoms with Gasteiger partial charge in [0.05, 0.1) is 10.8 Å². The molecule has 0 aliphatic rings. The first-order valence-corrected chi connectivity index (χ1v) is 6.62. The summed E-state index contributed by atoms with van der Waals surface area (Å²) in [7, 11) is 0. The van der Waals surface area contributed by atoms with Gasteiger partial charge in [0.1, 0.15) is 0 Å². The van der Waals surface area contributed by atoms with Gasteiger partial charge in [-0.3, -0.25) is 14.9 Å². The summed E-state index contributed by atoms with van der Waals surface area (Å²) in [5.74, 6) is -1.28. The Morgan fingerprint density at radius 1 is 1.38 bits per heavy atom. The fourth-order valence-electron chi connectivity index (χ4n) is 2.30. The number of carbonyl (C=O) groups is 1. The molecule has 0 fully saturated rings. The summed E-state index contributed by atoms with van der Waals surface area (Å²) in [6, 6.07) is 5.29. The number of benzene rings is 1. The van der Waals surface area contributed by atoms with E-state index >= 15 is 0 Å². The monoisotopic (exact) mass is 310 g/mol. The molecule has 110 valence electrons. The molecule has 0 spiro atoms. The van der Waals surface area contributed by atoms with Crippen LogP contribution >= 0.6 is 11.6 Å². The summed E-state index contributed by atoms with van der Waals surface area (Å²) < 4.78 is 15.4. The fraction of sp³-hybridized carbons (Fsp3) is 0.214. The van der Waals surface area contributed by atoms with E-state index in [-0.39, 0.29) is 11.7 Å². The van der Waals surface area contributed by atoms with Crippen molar-refractivity contribution in [1.82, 2.24) is 4.57 Å². The maximum Gasteiger partial charge on any atom is 0.304 e. The maximum absolute atomic E-state index is 13.7. The maximum atomic E-state index is 13.7. The Bertz CT molecular complexity index is 740. The van der Waals surface area contributed by atoms with E-state index in [1.807, 2.05) is 0 Å².